The molecule has 1 atom stereocenters. The van der Waals surface area contributed by atoms with E-state index < -0.39 is 0 Å². The molecule has 1 aromatic rings. The Labute approximate surface area is 129 Å². The Balaban J connectivity index is 1.51. The molecule has 0 spiro atoms. The molecule has 1 aliphatic carbocycles. The predicted molar refractivity (Wildman–Crippen MR) is 85.7 cm³/mol. The number of hydrogen-bond acceptors (Lipinski definition) is 6. The molecular weight excluding hydrogens is 286 g/mol. The van der Waals surface area contributed by atoms with Crippen molar-refractivity contribution < 1.29 is 4.79 Å². The minimum Gasteiger partial charge on any atom is -0.382 e. The summed E-state index contributed by atoms with van der Waals surface area (Å²) in [5, 5.41) is 7.05. The zero-order valence-corrected chi connectivity index (χ0v) is 13.2. The van der Waals surface area contributed by atoms with E-state index in [1.807, 2.05) is 0 Å². The van der Waals surface area contributed by atoms with Crippen molar-refractivity contribution in [3.05, 3.63) is 4.88 Å². The smallest absolute Gasteiger partial charge is 0.265 e. The summed E-state index contributed by atoms with van der Waals surface area (Å²) >= 11 is 1.35. The summed E-state index contributed by atoms with van der Waals surface area (Å²) in [6.45, 7) is 6.19. The number of hydrogen-bond donors (Lipinski definition) is 3. The van der Waals surface area contributed by atoms with Gasteiger partial charge in [-0.3, -0.25) is 4.79 Å². The minimum atomic E-state index is -0.0937. The Morgan fingerprint density at radius 2 is 2.29 bits per heavy atom. The SMILES string of the molecule is CCN1CCC(CNC(=O)c2sc(NC3CC3)nc2N)C1. The second-order valence-corrected chi connectivity index (χ2v) is 6.91. The summed E-state index contributed by atoms with van der Waals surface area (Å²) in [6.07, 6.45) is 3.51. The van der Waals surface area contributed by atoms with Crippen LogP contribution in [-0.4, -0.2) is 48.0 Å². The summed E-state index contributed by atoms with van der Waals surface area (Å²) in [4.78, 5) is 19.4. The van der Waals surface area contributed by atoms with Crippen LogP contribution >= 0.6 is 11.3 Å². The molecule has 2 aliphatic rings. The lowest BCUT2D eigenvalue weighted by Crippen LogP contribution is -2.30. The third-order valence-electron chi connectivity index (χ3n) is 4.13. The number of nitrogen functional groups attached to an aromatic ring is 1. The molecule has 1 aromatic heterocycles. The first kappa shape index (κ1) is 14.6. The van der Waals surface area contributed by atoms with Gasteiger partial charge in [-0.1, -0.05) is 18.3 Å². The second kappa shape index (κ2) is 6.19. The van der Waals surface area contributed by atoms with Crippen LogP contribution in [0, 0.1) is 5.92 Å². The van der Waals surface area contributed by atoms with Crippen LogP contribution in [0.25, 0.3) is 0 Å². The highest BCUT2D eigenvalue weighted by atomic mass is 32.1. The van der Waals surface area contributed by atoms with Crippen molar-refractivity contribution in [2.75, 3.05) is 37.2 Å². The molecule has 1 saturated heterocycles. The highest BCUT2D eigenvalue weighted by Crippen LogP contribution is 2.30. The number of rotatable bonds is 6. The zero-order chi connectivity index (χ0) is 14.8. The van der Waals surface area contributed by atoms with Gasteiger partial charge in [-0.15, -0.1) is 0 Å². The fourth-order valence-corrected chi connectivity index (χ4v) is 3.52. The number of nitrogens with one attached hydrogen (secondary N) is 2. The molecule has 2 fully saturated rings. The van der Waals surface area contributed by atoms with E-state index in [-0.39, 0.29) is 5.91 Å². The molecule has 2 heterocycles. The summed E-state index contributed by atoms with van der Waals surface area (Å²) in [5.74, 6) is 0.790. The molecular formula is C14H23N5OS. The van der Waals surface area contributed by atoms with Crippen molar-refractivity contribution >= 4 is 28.2 Å². The van der Waals surface area contributed by atoms with Gasteiger partial charge < -0.3 is 21.3 Å². The Hall–Kier alpha value is -1.34. The van der Waals surface area contributed by atoms with Gasteiger partial charge in [0, 0.05) is 19.1 Å². The Morgan fingerprint density at radius 3 is 2.95 bits per heavy atom. The fraction of sp³-hybridized carbons (Fsp3) is 0.714. The van der Waals surface area contributed by atoms with E-state index in [4.69, 9.17) is 5.73 Å². The van der Waals surface area contributed by atoms with Crippen LogP contribution in [0.15, 0.2) is 0 Å². The van der Waals surface area contributed by atoms with Crippen LogP contribution in [0.2, 0.25) is 0 Å². The highest BCUT2D eigenvalue weighted by molar-refractivity contribution is 7.18. The molecule has 3 rings (SSSR count). The van der Waals surface area contributed by atoms with E-state index >= 15 is 0 Å². The molecule has 1 unspecified atom stereocenters. The number of aromatic nitrogens is 1. The van der Waals surface area contributed by atoms with Crippen molar-refractivity contribution in [1.29, 1.82) is 0 Å². The van der Waals surface area contributed by atoms with Gasteiger partial charge in [-0.2, -0.15) is 0 Å². The van der Waals surface area contributed by atoms with Crippen LogP contribution in [0.1, 0.15) is 35.9 Å². The number of nitrogens with two attached hydrogens (primary N) is 1. The molecule has 0 radical (unpaired) electrons. The number of amides is 1. The summed E-state index contributed by atoms with van der Waals surface area (Å²) in [5.41, 5.74) is 5.86. The summed E-state index contributed by atoms with van der Waals surface area (Å²) in [6, 6.07) is 0.518. The van der Waals surface area contributed by atoms with Gasteiger partial charge in [0.2, 0.25) is 0 Å². The first-order valence-corrected chi connectivity index (χ1v) is 8.50. The number of anilines is 2. The number of carbonyl (C=O) groups is 1. The van der Waals surface area contributed by atoms with Gasteiger partial charge in [0.15, 0.2) is 5.13 Å². The molecule has 4 N–H and O–H groups in total. The van der Waals surface area contributed by atoms with E-state index in [0.29, 0.717) is 22.7 Å². The lowest BCUT2D eigenvalue weighted by atomic mass is 10.1. The normalized spacial score (nSPS) is 22.4. The Kier molecular flexibility index (Phi) is 4.30. The van der Waals surface area contributed by atoms with Gasteiger partial charge in [0.1, 0.15) is 10.7 Å². The van der Waals surface area contributed by atoms with Crippen molar-refractivity contribution in [1.82, 2.24) is 15.2 Å². The molecule has 1 saturated carbocycles. The maximum absolute atomic E-state index is 12.2. The topological polar surface area (TPSA) is 83.3 Å². The van der Waals surface area contributed by atoms with Crippen molar-refractivity contribution in [3.8, 4) is 0 Å². The molecule has 7 heteroatoms. The molecule has 0 bridgehead atoms. The van der Waals surface area contributed by atoms with Crippen LogP contribution in [0.4, 0.5) is 10.9 Å². The van der Waals surface area contributed by atoms with E-state index in [9.17, 15) is 4.79 Å². The van der Waals surface area contributed by atoms with Crippen molar-refractivity contribution in [2.45, 2.75) is 32.2 Å². The Morgan fingerprint density at radius 1 is 1.48 bits per heavy atom. The highest BCUT2D eigenvalue weighted by Gasteiger charge is 2.25. The van der Waals surface area contributed by atoms with Crippen LogP contribution in [0.5, 0.6) is 0 Å². The van der Waals surface area contributed by atoms with Crippen LogP contribution in [0.3, 0.4) is 0 Å². The monoisotopic (exact) mass is 309 g/mol. The molecule has 0 aromatic carbocycles. The number of thiazole rings is 1. The van der Waals surface area contributed by atoms with E-state index in [0.717, 1.165) is 37.7 Å². The largest absolute Gasteiger partial charge is 0.382 e. The lowest BCUT2D eigenvalue weighted by Gasteiger charge is -2.13. The number of carbonyl (C=O) groups excluding carboxylic acids is 1. The van der Waals surface area contributed by atoms with Crippen molar-refractivity contribution in [3.63, 3.8) is 0 Å². The van der Waals surface area contributed by atoms with Gasteiger partial charge in [0.25, 0.3) is 5.91 Å². The molecule has 1 amide bonds. The third kappa shape index (κ3) is 3.65. The second-order valence-electron chi connectivity index (χ2n) is 5.91. The van der Waals surface area contributed by atoms with Crippen molar-refractivity contribution in [2.24, 2.45) is 5.92 Å². The van der Waals surface area contributed by atoms with Gasteiger partial charge >= 0.3 is 0 Å². The van der Waals surface area contributed by atoms with Gasteiger partial charge in [-0.25, -0.2) is 4.98 Å². The van der Waals surface area contributed by atoms with E-state index in [1.165, 1.54) is 24.2 Å². The van der Waals surface area contributed by atoms with E-state index in [2.05, 4.69) is 27.4 Å². The fourth-order valence-electron chi connectivity index (χ4n) is 2.64. The molecule has 21 heavy (non-hydrogen) atoms. The van der Waals surface area contributed by atoms with E-state index in [1.54, 1.807) is 0 Å². The zero-order valence-electron chi connectivity index (χ0n) is 12.4. The lowest BCUT2D eigenvalue weighted by molar-refractivity contribution is 0.0952. The maximum Gasteiger partial charge on any atom is 0.265 e. The summed E-state index contributed by atoms with van der Waals surface area (Å²) in [7, 11) is 0. The quantitative estimate of drug-likeness (QED) is 0.739. The first-order valence-electron chi connectivity index (χ1n) is 7.69. The van der Waals surface area contributed by atoms with Gasteiger partial charge in [0.05, 0.1) is 0 Å². The van der Waals surface area contributed by atoms with Gasteiger partial charge in [-0.05, 0) is 38.3 Å². The maximum atomic E-state index is 12.2. The first-order chi connectivity index (χ1) is 10.2. The predicted octanol–water partition coefficient (Wildman–Crippen LogP) is 1.37. The molecule has 1 aliphatic heterocycles. The van der Waals surface area contributed by atoms with Crippen LogP contribution < -0.4 is 16.4 Å². The average molecular weight is 309 g/mol. The third-order valence-corrected chi connectivity index (χ3v) is 5.13. The standard InChI is InChI=1S/C14H23N5OS/c1-2-19-6-5-9(8-19)7-16-13(20)11-12(15)18-14(21-11)17-10-3-4-10/h9-10H,2-8,15H2,1H3,(H,16,20)(H,17,18). The van der Waals surface area contributed by atoms with Crippen LogP contribution in [-0.2, 0) is 0 Å². The number of nitrogens with zero attached hydrogens (tertiary/aromatic N) is 2. The minimum absolute atomic E-state index is 0.0937. The average Bonchev–Trinajstić information content (AvgIpc) is 3.02. The Bertz CT molecular complexity index is 513. The molecule has 116 valence electrons. The molecule has 6 nitrogen and oxygen atoms in total. The summed E-state index contributed by atoms with van der Waals surface area (Å²) < 4.78 is 0. The number of likely N-dealkylation sites (tertiary alicyclic amines) is 1.